The molecule has 3 aliphatic heterocycles. The van der Waals surface area contributed by atoms with Gasteiger partial charge in [0.15, 0.2) is 24.5 Å². The number of aryl methyl sites for hydroxylation is 2. The van der Waals surface area contributed by atoms with Crippen LogP contribution in [0.3, 0.4) is 0 Å². The molecule has 5 rings (SSSR count). The molecule has 0 spiro atoms. The molecule has 1 aromatic carbocycles. The summed E-state index contributed by atoms with van der Waals surface area (Å²) in [4.78, 5) is 52.7. The minimum absolute atomic E-state index is 0.0113. The number of carboxylic acid groups (broad SMARTS) is 2. The second-order valence-corrected chi connectivity index (χ2v) is 16.0. The average molecular weight is 758 g/mol. The predicted molar refractivity (Wildman–Crippen MR) is 187 cm³/mol. The van der Waals surface area contributed by atoms with Crippen molar-refractivity contribution in [2.24, 2.45) is 0 Å². The summed E-state index contributed by atoms with van der Waals surface area (Å²) >= 11 is 16.4. The van der Waals surface area contributed by atoms with E-state index in [9.17, 15) is 29.4 Å². The van der Waals surface area contributed by atoms with E-state index in [1.165, 1.54) is 40.2 Å². The lowest BCUT2D eigenvalue weighted by molar-refractivity contribution is -0.930. The van der Waals surface area contributed by atoms with Gasteiger partial charge in [-0.05, 0) is 23.8 Å². The van der Waals surface area contributed by atoms with Gasteiger partial charge in [-0.25, -0.2) is 9.59 Å². The van der Waals surface area contributed by atoms with E-state index in [0.29, 0.717) is 62.8 Å². The molecule has 2 fully saturated rings. The first kappa shape index (κ1) is 36.8. The Morgan fingerprint density at radius 3 is 2.48 bits per heavy atom. The van der Waals surface area contributed by atoms with E-state index in [1.807, 2.05) is 13.8 Å². The van der Waals surface area contributed by atoms with Crippen molar-refractivity contribution in [3.05, 3.63) is 63.0 Å². The molecule has 2 aromatic rings. The van der Waals surface area contributed by atoms with E-state index in [2.05, 4.69) is 22.0 Å². The molecule has 0 bridgehead atoms. The SMILES string of the molecule is Cc1cc(SCC2=C(C(=O)O)N3C(=O)[C@H](NC(=O)CSc4cc(Cl)ccc4Cl)[C@H]3SC2)cc(C)[n+]1CCC[N+]1(CC(=O)O)CCOCC1. The number of benzene rings is 1. The van der Waals surface area contributed by atoms with Crippen LogP contribution in [-0.4, -0.2) is 111 Å². The van der Waals surface area contributed by atoms with E-state index in [-0.39, 0.29) is 23.9 Å². The first-order valence-electron chi connectivity index (χ1n) is 15.4. The Labute approximate surface area is 301 Å². The van der Waals surface area contributed by atoms with Crippen LogP contribution >= 0.6 is 58.5 Å². The zero-order valence-electron chi connectivity index (χ0n) is 26.6. The number of carboxylic acids is 2. The van der Waals surface area contributed by atoms with Crippen LogP contribution in [0.25, 0.3) is 0 Å². The van der Waals surface area contributed by atoms with Crippen LogP contribution in [0, 0.1) is 13.8 Å². The van der Waals surface area contributed by atoms with Gasteiger partial charge in [0.25, 0.3) is 5.91 Å². The summed E-state index contributed by atoms with van der Waals surface area (Å²) in [5, 5.41) is 22.8. The van der Waals surface area contributed by atoms with Crippen molar-refractivity contribution in [1.82, 2.24) is 10.2 Å². The van der Waals surface area contributed by atoms with E-state index in [4.69, 9.17) is 27.9 Å². The number of rotatable bonds is 14. The Balaban J connectivity index is 1.17. The van der Waals surface area contributed by atoms with Crippen LogP contribution in [-0.2, 0) is 30.5 Å². The first-order valence-corrected chi connectivity index (χ1v) is 19.2. The number of hydrogen-bond acceptors (Lipinski definition) is 8. The van der Waals surface area contributed by atoms with Crippen molar-refractivity contribution in [2.45, 2.75) is 48.0 Å². The molecule has 2 atom stereocenters. The average Bonchev–Trinajstić information content (AvgIpc) is 3.03. The van der Waals surface area contributed by atoms with Crippen molar-refractivity contribution < 1.29 is 43.2 Å². The number of nitrogens with one attached hydrogen (secondary N) is 1. The van der Waals surface area contributed by atoms with Gasteiger partial charge >= 0.3 is 11.9 Å². The Bertz CT molecular complexity index is 1610. The molecule has 0 aliphatic carbocycles. The highest BCUT2D eigenvalue weighted by Crippen LogP contribution is 2.42. The second-order valence-electron chi connectivity index (χ2n) is 12.0. The molecule has 16 heteroatoms. The zero-order valence-corrected chi connectivity index (χ0v) is 30.5. The third-order valence-electron chi connectivity index (χ3n) is 8.69. The Morgan fingerprint density at radius 1 is 1.10 bits per heavy atom. The topological polar surface area (TPSA) is 137 Å². The summed E-state index contributed by atoms with van der Waals surface area (Å²) in [5.41, 5.74) is 2.76. The molecular formula is C32H38Cl2N4O7S3+2. The van der Waals surface area contributed by atoms with E-state index >= 15 is 0 Å². The number of quaternary nitrogens is 1. The predicted octanol–water partition coefficient (Wildman–Crippen LogP) is 3.84. The minimum Gasteiger partial charge on any atom is -0.477 e. The smallest absolute Gasteiger partial charge is 0.359 e. The number of halogens is 2. The second kappa shape index (κ2) is 16.0. The normalized spacial score (nSPS) is 20.2. The number of aliphatic carboxylic acids is 2. The van der Waals surface area contributed by atoms with Gasteiger partial charge in [-0.2, -0.15) is 4.57 Å². The van der Waals surface area contributed by atoms with Crippen LogP contribution in [0.4, 0.5) is 0 Å². The van der Waals surface area contributed by atoms with Crippen LogP contribution in [0.5, 0.6) is 0 Å². The number of nitrogens with zero attached hydrogens (tertiary/aromatic N) is 3. The summed E-state index contributed by atoms with van der Waals surface area (Å²) in [6.45, 7) is 8.26. The fourth-order valence-corrected chi connectivity index (χ4v) is 10.1. The van der Waals surface area contributed by atoms with Crippen LogP contribution < -0.4 is 9.88 Å². The summed E-state index contributed by atoms with van der Waals surface area (Å²) in [6, 6.07) is 8.32. The highest BCUT2D eigenvalue weighted by molar-refractivity contribution is 8.01. The van der Waals surface area contributed by atoms with Gasteiger partial charge in [-0.3, -0.25) is 14.5 Å². The van der Waals surface area contributed by atoms with Gasteiger partial charge in [-0.15, -0.1) is 35.3 Å². The van der Waals surface area contributed by atoms with Gasteiger partial charge in [0, 0.05) is 52.3 Å². The van der Waals surface area contributed by atoms with Gasteiger partial charge in [0.05, 0.1) is 37.0 Å². The number of hydrogen-bond donors (Lipinski definition) is 3. The third-order valence-corrected chi connectivity index (χ3v) is 12.8. The summed E-state index contributed by atoms with van der Waals surface area (Å²) in [7, 11) is 0. The first-order chi connectivity index (χ1) is 22.9. The van der Waals surface area contributed by atoms with Crippen molar-refractivity contribution >= 4 is 82.2 Å². The number of morpholine rings is 1. The number of carbonyl (C=O) groups excluding carboxylic acids is 2. The molecule has 2 amide bonds. The van der Waals surface area contributed by atoms with Crippen LogP contribution in [0.15, 0.2) is 51.4 Å². The number of pyridine rings is 1. The van der Waals surface area contributed by atoms with Gasteiger partial charge < -0.3 is 24.7 Å². The molecule has 3 N–H and O–H groups in total. The number of fused-ring (bicyclic) bond motifs is 1. The minimum atomic E-state index is -1.16. The summed E-state index contributed by atoms with van der Waals surface area (Å²) in [5.74, 6) is -1.89. The molecule has 0 radical (unpaired) electrons. The van der Waals surface area contributed by atoms with Gasteiger partial charge in [0.2, 0.25) is 5.91 Å². The lowest BCUT2D eigenvalue weighted by Gasteiger charge is -2.49. The number of aromatic nitrogens is 1. The molecule has 11 nitrogen and oxygen atoms in total. The summed E-state index contributed by atoms with van der Waals surface area (Å²) < 4.78 is 8.24. The highest BCUT2D eigenvalue weighted by atomic mass is 35.5. The van der Waals surface area contributed by atoms with Crippen molar-refractivity contribution in [3.8, 4) is 0 Å². The monoisotopic (exact) mass is 756 g/mol. The van der Waals surface area contributed by atoms with E-state index < -0.39 is 29.3 Å². The molecule has 48 heavy (non-hydrogen) atoms. The van der Waals surface area contributed by atoms with Gasteiger partial charge in [0.1, 0.15) is 30.2 Å². The number of thioether (sulfide) groups is 3. The Hall–Kier alpha value is -2.46. The van der Waals surface area contributed by atoms with E-state index in [1.54, 1.807) is 18.2 Å². The van der Waals surface area contributed by atoms with Crippen molar-refractivity contribution in [1.29, 1.82) is 0 Å². The number of ether oxygens (including phenoxy) is 1. The van der Waals surface area contributed by atoms with E-state index in [0.717, 1.165) is 35.8 Å². The lowest BCUT2D eigenvalue weighted by atomic mass is 10.0. The Kier molecular flexibility index (Phi) is 12.3. The quantitative estimate of drug-likeness (QED) is 0.113. The largest absolute Gasteiger partial charge is 0.477 e. The molecule has 1 aromatic heterocycles. The van der Waals surface area contributed by atoms with Crippen molar-refractivity contribution in [2.75, 3.05) is 56.7 Å². The zero-order chi connectivity index (χ0) is 34.6. The summed E-state index contributed by atoms with van der Waals surface area (Å²) in [6.07, 6.45) is 0.833. The molecule has 4 heterocycles. The maximum Gasteiger partial charge on any atom is 0.359 e. The standard InChI is InChI=1S/C32H36Cl2N4O7S3/c1-19-12-23(13-20(2)36(19)6-3-7-38(15-27(40)41)8-10-45-11-9-38)46-16-21-17-48-31-28(30(42)37(31)29(21)32(43)44)35-26(39)18-47-25-14-22(33)4-5-24(25)34/h4-5,12-14,28,31H,3,6-11,15-18H2,1-2H3,(H-2,35,39,40,41,43,44)/p+2/t28-,31+/m0/s1. The maximum atomic E-state index is 13.1. The molecule has 2 saturated heterocycles. The third kappa shape index (κ3) is 8.63. The molecule has 3 aliphatic rings. The maximum absolute atomic E-state index is 13.1. The lowest BCUT2D eigenvalue weighted by Crippen LogP contribution is -2.70. The van der Waals surface area contributed by atoms with Crippen LogP contribution in [0.2, 0.25) is 10.0 Å². The molecule has 0 unspecified atom stereocenters. The highest BCUT2D eigenvalue weighted by Gasteiger charge is 2.54. The molecule has 258 valence electrons. The fourth-order valence-electron chi connectivity index (χ4n) is 6.28. The van der Waals surface area contributed by atoms with Crippen LogP contribution in [0.1, 0.15) is 17.8 Å². The Morgan fingerprint density at radius 2 is 1.81 bits per heavy atom. The number of amides is 2. The van der Waals surface area contributed by atoms with Gasteiger partial charge in [-0.1, -0.05) is 23.2 Å². The fraction of sp³-hybridized carbons (Fsp3) is 0.469. The number of carbonyl (C=O) groups is 4. The molecular weight excluding hydrogens is 719 g/mol. The molecule has 0 saturated carbocycles. The number of β-lactam (4-membered cyclic amide) rings is 1. The van der Waals surface area contributed by atoms with Crippen molar-refractivity contribution in [3.63, 3.8) is 0 Å².